The van der Waals surface area contributed by atoms with Gasteiger partial charge in [0.2, 0.25) is 0 Å². The van der Waals surface area contributed by atoms with E-state index in [0.717, 1.165) is 30.8 Å². The van der Waals surface area contributed by atoms with E-state index >= 15 is 0 Å². The Hall–Kier alpha value is -2.90. The van der Waals surface area contributed by atoms with Crippen molar-refractivity contribution in [3.63, 3.8) is 0 Å². The second kappa shape index (κ2) is 8.08. The molecule has 30 heavy (non-hydrogen) atoms. The number of anilines is 2. The van der Waals surface area contributed by atoms with Crippen LogP contribution in [-0.4, -0.2) is 30.9 Å². The van der Waals surface area contributed by atoms with E-state index in [1.54, 1.807) is 12.1 Å². The van der Waals surface area contributed by atoms with Crippen LogP contribution in [0, 0.1) is 5.82 Å². The summed E-state index contributed by atoms with van der Waals surface area (Å²) in [6, 6.07) is 8.02. The Morgan fingerprint density at radius 2 is 1.73 bits per heavy atom. The van der Waals surface area contributed by atoms with Crippen LogP contribution in [0.25, 0.3) is 6.08 Å². The minimum absolute atomic E-state index is 0.00243. The molecule has 0 saturated carbocycles. The van der Waals surface area contributed by atoms with Gasteiger partial charge in [-0.25, -0.2) is 14.1 Å². The van der Waals surface area contributed by atoms with Gasteiger partial charge < -0.3 is 4.90 Å². The molecule has 2 fully saturated rings. The van der Waals surface area contributed by atoms with Gasteiger partial charge in [0.15, 0.2) is 0 Å². The monoisotopic (exact) mass is 447 g/mol. The van der Waals surface area contributed by atoms with Crippen LogP contribution in [0.5, 0.6) is 0 Å². The lowest BCUT2D eigenvalue weighted by molar-refractivity contribution is -0.122. The zero-order valence-electron chi connectivity index (χ0n) is 15.6. The number of imide groups is 2. The summed E-state index contributed by atoms with van der Waals surface area (Å²) >= 11 is 12.1. The van der Waals surface area contributed by atoms with Crippen LogP contribution in [0.15, 0.2) is 42.0 Å². The highest BCUT2D eigenvalue weighted by Gasteiger charge is 2.38. The standard InChI is InChI=1S/C21H16Cl2FN3O3/c22-14-4-3-5-17(18(14)23)27-20(29)13(19(28)25-21(27)30)10-12-6-7-16(15(24)11-12)26-8-1-2-9-26/h3-7,10-11H,1-2,8-9H2,(H,25,28,30)/b13-10+. The smallest absolute Gasteiger partial charge is 0.336 e. The number of carbonyl (C=O) groups excluding carboxylic acids is 3. The number of hydrogen-bond acceptors (Lipinski definition) is 4. The van der Waals surface area contributed by atoms with E-state index in [9.17, 15) is 18.8 Å². The summed E-state index contributed by atoms with van der Waals surface area (Å²) in [6.07, 6.45) is 3.26. The molecule has 0 atom stereocenters. The molecule has 1 N–H and O–H groups in total. The molecule has 0 aromatic heterocycles. The topological polar surface area (TPSA) is 69.7 Å². The van der Waals surface area contributed by atoms with Gasteiger partial charge in [0.1, 0.15) is 11.4 Å². The Bertz CT molecular complexity index is 1100. The highest BCUT2D eigenvalue weighted by molar-refractivity contribution is 6.46. The third-order valence-electron chi connectivity index (χ3n) is 5.00. The first-order valence-corrected chi connectivity index (χ1v) is 10.0. The Kier molecular flexibility index (Phi) is 5.49. The molecule has 2 aliphatic rings. The summed E-state index contributed by atoms with van der Waals surface area (Å²) in [7, 11) is 0. The highest BCUT2D eigenvalue weighted by atomic mass is 35.5. The van der Waals surface area contributed by atoms with Crippen LogP contribution in [0.2, 0.25) is 10.0 Å². The van der Waals surface area contributed by atoms with Gasteiger partial charge in [0, 0.05) is 13.1 Å². The van der Waals surface area contributed by atoms with Crippen molar-refractivity contribution in [1.82, 2.24) is 5.32 Å². The molecule has 0 radical (unpaired) electrons. The Labute approximate surface area is 181 Å². The van der Waals surface area contributed by atoms with Crippen LogP contribution in [-0.2, 0) is 9.59 Å². The van der Waals surface area contributed by atoms with Gasteiger partial charge in [-0.15, -0.1) is 0 Å². The number of amides is 4. The Morgan fingerprint density at radius 1 is 1.00 bits per heavy atom. The molecule has 154 valence electrons. The molecule has 2 aliphatic heterocycles. The van der Waals surface area contributed by atoms with Gasteiger partial charge >= 0.3 is 6.03 Å². The molecule has 6 nitrogen and oxygen atoms in total. The first-order valence-electron chi connectivity index (χ1n) is 9.27. The molecule has 4 amide bonds. The minimum Gasteiger partial charge on any atom is -0.369 e. The van der Waals surface area contributed by atoms with Crippen molar-refractivity contribution < 1.29 is 18.8 Å². The molecule has 2 heterocycles. The fraction of sp³-hybridized carbons (Fsp3) is 0.190. The number of barbiturate groups is 1. The molecule has 0 unspecified atom stereocenters. The number of nitrogens with zero attached hydrogens (tertiary/aromatic N) is 2. The van der Waals surface area contributed by atoms with Gasteiger partial charge in [0.25, 0.3) is 11.8 Å². The van der Waals surface area contributed by atoms with E-state index in [2.05, 4.69) is 5.32 Å². The van der Waals surface area contributed by atoms with Crippen molar-refractivity contribution >= 4 is 58.5 Å². The van der Waals surface area contributed by atoms with E-state index in [0.29, 0.717) is 11.3 Å². The maximum Gasteiger partial charge on any atom is 0.336 e. The number of nitrogens with one attached hydrogen (secondary N) is 1. The molecule has 0 bridgehead atoms. The lowest BCUT2D eigenvalue weighted by atomic mass is 10.1. The Balaban J connectivity index is 1.69. The van der Waals surface area contributed by atoms with E-state index in [1.165, 1.54) is 30.3 Å². The van der Waals surface area contributed by atoms with Crippen LogP contribution in [0.3, 0.4) is 0 Å². The number of hydrogen-bond donors (Lipinski definition) is 1. The molecule has 0 spiro atoms. The summed E-state index contributed by atoms with van der Waals surface area (Å²) in [6.45, 7) is 1.57. The van der Waals surface area contributed by atoms with E-state index in [-0.39, 0.29) is 21.3 Å². The largest absolute Gasteiger partial charge is 0.369 e. The number of carbonyl (C=O) groups is 3. The average molecular weight is 448 g/mol. The van der Waals surface area contributed by atoms with Crippen LogP contribution < -0.4 is 15.1 Å². The van der Waals surface area contributed by atoms with Gasteiger partial charge in [0.05, 0.1) is 21.4 Å². The van der Waals surface area contributed by atoms with Gasteiger partial charge in [-0.2, -0.15) is 0 Å². The van der Waals surface area contributed by atoms with Crippen molar-refractivity contribution in [2.75, 3.05) is 22.9 Å². The first kappa shape index (κ1) is 20.4. The van der Waals surface area contributed by atoms with Crippen molar-refractivity contribution in [3.8, 4) is 0 Å². The van der Waals surface area contributed by atoms with Gasteiger partial charge in [-0.1, -0.05) is 35.3 Å². The maximum absolute atomic E-state index is 14.6. The zero-order chi connectivity index (χ0) is 21.4. The summed E-state index contributed by atoms with van der Waals surface area (Å²) in [5.41, 5.74) is 0.525. The highest BCUT2D eigenvalue weighted by Crippen LogP contribution is 2.34. The summed E-state index contributed by atoms with van der Waals surface area (Å²) in [5, 5.41) is 2.25. The number of benzene rings is 2. The van der Waals surface area contributed by atoms with Crippen molar-refractivity contribution in [2.24, 2.45) is 0 Å². The molecule has 4 rings (SSSR count). The first-order chi connectivity index (χ1) is 14.4. The summed E-state index contributed by atoms with van der Waals surface area (Å²) in [4.78, 5) is 40.2. The lowest BCUT2D eigenvalue weighted by Crippen LogP contribution is -2.54. The van der Waals surface area contributed by atoms with Crippen molar-refractivity contribution in [3.05, 3.63) is 63.4 Å². The number of urea groups is 1. The van der Waals surface area contributed by atoms with Crippen molar-refractivity contribution in [2.45, 2.75) is 12.8 Å². The van der Waals surface area contributed by atoms with E-state index in [1.807, 2.05) is 4.90 Å². The van der Waals surface area contributed by atoms with E-state index < -0.39 is 23.7 Å². The van der Waals surface area contributed by atoms with Gasteiger partial charge in [-0.05, 0) is 48.7 Å². The molecule has 2 aromatic rings. The van der Waals surface area contributed by atoms with Crippen LogP contribution in [0.4, 0.5) is 20.6 Å². The van der Waals surface area contributed by atoms with Crippen LogP contribution >= 0.6 is 23.2 Å². The molecular weight excluding hydrogens is 432 g/mol. The second-order valence-corrected chi connectivity index (χ2v) is 7.72. The molecule has 2 saturated heterocycles. The lowest BCUT2D eigenvalue weighted by Gasteiger charge is -2.27. The average Bonchev–Trinajstić information content (AvgIpc) is 3.23. The molecule has 2 aromatic carbocycles. The third-order valence-corrected chi connectivity index (χ3v) is 5.81. The SMILES string of the molecule is O=C1NC(=O)N(c2cccc(Cl)c2Cl)C(=O)/C1=C/c1ccc(N2CCCC2)c(F)c1. The Morgan fingerprint density at radius 3 is 2.43 bits per heavy atom. The molecular formula is C21H16Cl2FN3O3. The predicted molar refractivity (Wildman–Crippen MR) is 113 cm³/mol. The third kappa shape index (κ3) is 3.66. The quantitative estimate of drug-likeness (QED) is 0.559. The van der Waals surface area contributed by atoms with Gasteiger partial charge in [-0.3, -0.25) is 14.9 Å². The maximum atomic E-state index is 14.6. The number of rotatable bonds is 3. The summed E-state index contributed by atoms with van der Waals surface area (Å²) < 4.78 is 14.6. The fourth-order valence-electron chi connectivity index (χ4n) is 3.54. The normalized spacial score (nSPS) is 18.4. The predicted octanol–water partition coefficient (Wildman–Crippen LogP) is 4.40. The molecule has 9 heteroatoms. The van der Waals surface area contributed by atoms with Crippen molar-refractivity contribution in [1.29, 1.82) is 0 Å². The minimum atomic E-state index is -0.943. The molecule has 0 aliphatic carbocycles. The summed E-state index contributed by atoms with van der Waals surface area (Å²) in [5.74, 6) is -2.19. The van der Waals surface area contributed by atoms with E-state index in [4.69, 9.17) is 23.2 Å². The van der Waals surface area contributed by atoms with Crippen LogP contribution in [0.1, 0.15) is 18.4 Å². The second-order valence-electron chi connectivity index (χ2n) is 6.94. The number of halogens is 3. The fourth-order valence-corrected chi connectivity index (χ4v) is 3.92. The zero-order valence-corrected chi connectivity index (χ0v) is 17.1.